The standard InChI is InChI=1S/C14H30N4/c1-5-13(3)17-14(15-4)16-8-11-18-9-6-12(2)7-10-18/h12-13H,5-11H2,1-4H3,(H2,15,16,17). The molecule has 1 rings (SSSR count). The number of nitrogens with one attached hydrogen (secondary N) is 2. The molecule has 1 fully saturated rings. The number of likely N-dealkylation sites (tertiary alicyclic amines) is 1. The molecule has 1 atom stereocenters. The first-order valence-corrected chi connectivity index (χ1v) is 7.35. The summed E-state index contributed by atoms with van der Waals surface area (Å²) >= 11 is 0. The van der Waals surface area contributed by atoms with Crippen LogP contribution in [0.25, 0.3) is 0 Å². The van der Waals surface area contributed by atoms with Gasteiger partial charge in [-0.05, 0) is 45.2 Å². The van der Waals surface area contributed by atoms with Crippen LogP contribution in [0.15, 0.2) is 4.99 Å². The van der Waals surface area contributed by atoms with Crippen LogP contribution in [0, 0.1) is 5.92 Å². The average molecular weight is 254 g/mol. The second kappa shape index (κ2) is 8.35. The molecule has 0 bridgehead atoms. The van der Waals surface area contributed by atoms with Gasteiger partial charge in [-0.3, -0.25) is 4.99 Å². The second-order valence-corrected chi connectivity index (χ2v) is 5.48. The van der Waals surface area contributed by atoms with E-state index in [2.05, 4.69) is 41.3 Å². The van der Waals surface area contributed by atoms with Crippen molar-refractivity contribution in [3.05, 3.63) is 0 Å². The molecule has 4 nitrogen and oxygen atoms in total. The number of piperidine rings is 1. The summed E-state index contributed by atoms with van der Waals surface area (Å²) in [6, 6.07) is 0.479. The Balaban J connectivity index is 2.15. The first-order chi connectivity index (χ1) is 8.65. The topological polar surface area (TPSA) is 39.7 Å². The van der Waals surface area contributed by atoms with E-state index in [1.165, 1.54) is 25.9 Å². The molecule has 0 saturated carbocycles. The van der Waals surface area contributed by atoms with Gasteiger partial charge in [0.2, 0.25) is 0 Å². The maximum atomic E-state index is 4.25. The van der Waals surface area contributed by atoms with Crippen LogP contribution in [0.3, 0.4) is 0 Å². The van der Waals surface area contributed by atoms with Crippen LogP contribution < -0.4 is 10.6 Å². The Bertz CT molecular complexity index is 244. The summed E-state index contributed by atoms with van der Waals surface area (Å²) in [5.74, 6) is 1.84. The van der Waals surface area contributed by atoms with Crippen LogP contribution in [-0.2, 0) is 0 Å². The third-order valence-electron chi connectivity index (χ3n) is 3.82. The SMILES string of the molecule is CCC(C)NC(=NC)NCCN1CCC(C)CC1. The Labute approximate surface area is 112 Å². The van der Waals surface area contributed by atoms with E-state index in [4.69, 9.17) is 0 Å². The van der Waals surface area contributed by atoms with Crippen molar-refractivity contribution in [1.29, 1.82) is 0 Å². The molecular formula is C14H30N4. The zero-order chi connectivity index (χ0) is 13.4. The number of hydrogen-bond acceptors (Lipinski definition) is 2. The van der Waals surface area contributed by atoms with Crippen LogP contribution in [0.2, 0.25) is 0 Å². The molecule has 18 heavy (non-hydrogen) atoms. The Morgan fingerprint density at radius 3 is 2.61 bits per heavy atom. The van der Waals surface area contributed by atoms with Crippen LogP contribution in [0.5, 0.6) is 0 Å². The highest BCUT2D eigenvalue weighted by molar-refractivity contribution is 5.79. The van der Waals surface area contributed by atoms with Crippen molar-refractivity contribution >= 4 is 5.96 Å². The Morgan fingerprint density at radius 2 is 2.06 bits per heavy atom. The smallest absolute Gasteiger partial charge is 0.191 e. The fourth-order valence-corrected chi connectivity index (χ4v) is 2.15. The highest BCUT2D eigenvalue weighted by Crippen LogP contribution is 2.14. The molecule has 0 aromatic rings. The van der Waals surface area contributed by atoms with Crippen molar-refractivity contribution < 1.29 is 0 Å². The predicted molar refractivity (Wildman–Crippen MR) is 79.1 cm³/mol. The third-order valence-corrected chi connectivity index (χ3v) is 3.82. The first-order valence-electron chi connectivity index (χ1n) is 7.35. The molecule has 1 aliphatic heterocycles. The fraction of sp³-hybridized carbons (Fsp3) is 0.929. The maximum absolute atomic E-state index is 4.25. The van der Waals surface area contributed by atoms with Crippen LogP contribution in [0.4, 0.5) is 0 Å². The van der Waals surface area contributed by atoms with Gasteiger partial charge in [0.15, 0.2) is 5.96 Å². The summed E-state index contributed by atoms with van der Waals surface area (Å²) < 4.78 is 0. The summed E-state index contributed by atoms with van der Waals surface area (Å²) in [5.41, 5.74) is 0. The lowest BCUT2D eigenvalue weighted by Gasteiger charge is -2.30. The largest absolute Gasteiger partial charge is 0.355 e. The maximum Gasteiger partial charge on any atom is 0.191 e. The average Bonchev–Trinajstić information content (AvgIpc) is 2.39. The van der Waals surface area contributed by atoms with Crippen molar-refractivity contribution in [3.8, 4) is 0 Å². The summed E-state index contributed by atoms with van der Waals surface area (Å²) in [7, 11) is 1.83. The zero-order valence-electron chi connectivity index (χ0n) is 12.5. The minimum Gasteiger partial charge on any atom is -0.355 e. The van der Waals surface area contributed by atoms with E-state index in [0.29, 0.717) is 6.04 Å². The zero-order valence-corrected chi connectivity index (χ0v) is 12.5. The van der Waals surface area contributed by atoms with E-state index in [0.717, 1.165) is 31.4 Å². The van der Waals surface area contributed by atoms with E-state index < -0.39 is 0 Å². The number of aliphatic imine (C=N–C) groups is 1. The van der Waals surface area contributed by atoms with Crippen molar-refractivity contribution in [2.45, 2.75) is 46.1 Å². The number of guanidine groups is 1. The molecule has 4 heteroatoms. The molecule has 0 aromatic heterocycles. The number of hydrogen-bond donors (Lipinski definition) is 2. The summed E-state index contributed by atoms with van der Waals surface area (Å²) in [6.45, 7) is 11.3. The van der Waals surface area contributed by atoms with Gasteiger partial charge in [0, 0.05) is 26.2 Å². The molecule has 0 spiro atoms. The van der Waals surface area contributed by atoms with E-state index >= 15 is 0 Å². The molecule has 1 heterocycles. The predicted octanol–water partition coefficient (Wildman–Crippen LogP) is 1.68. The lowest BCUT2D eigenvalue weighted by molar-refractivity contribution is 0.195. The Hall–Kier alpha value is -0.770. The van der Waals surface area contributed by atoms with Gasteiger partial charge in [-0.25, -0.2) is 0 Å². The number of rotatable bonds is 5. The van der Waals surface area contributed by atoms with E-state index in [1.54, 1.807) is 0 Å². The fourth-order valence-electron chi connectivity index (χ4n) is 2.15. The highest BCUT2D eigenvalue weighted by Gasteiger charge is 2.14. The van der Waals surface area contributed by atoms with Crippen LogP contribution >= 0.6 is 0 Å². The van der Waals surface area contributed by atoms with Gasteiger partial charge in [-0.1, -0.05) is 13.8 Å². The van der Waals surface area contributed by atoms with E-state index in [-0.39, 0.29) is 0 Å². The quantitative estimate of drug-likeness (QED) is 0.579. The minimum absolute atomic E-state index is 0.479. The molecule has 1 unspecified atom stereocenters. The van der Waals surface area contributed by atoms with E-state index in [1.807, 2.05) is 7.05 Å². The molecule has 0 aromatic carbocycles. The second-order valence-electron chi connectivity index (χ2n) is 5.48. The van der Waals surface area contributed by atoms with Gasteiger partial charge in [-0.15, -0.1) is 0 Å². The Morgan fingerprint density at radius 1 is 1.39 bits per heavy atom. The van der Waals surface area contributed by atoms with Crippen molar-refractivity contribution in [1.82, 2.24) is 15.5 Å². The summed E-state index contributed by atoms with van der Waals surface area (Å²) in [4.78, 5) is 6.79. The number of nitrogens with zero attached hydrogens (tertiary/aromatic N) is 2. The third kappa shape index (κ3) is 5.71. The van der Waals surface area contributed by atoms with Crippen LogP contribution in [-0.4, -0.2) is 50.1 Å². The minimum atomic E-state index is 0.479. The van der Waals surface area contributed by atoms with Gasteiger partial charge in [0.05, 0.1) is 0 Å². The van der Waals surface area contributed by atoms with Crippen LogP contribution in [0.1, 0.15) is 40.0 Å². The lowest BCUT2D eigenvalue weighted by atomic mass is 9.99. The molecule has 2 N–H and O–H groups in total. The van der Waals surface area contributed by atoms with Gasteiger partial charge < -0.3 is 15.5 Å². The van der Waals surface area contributed by atoms with Gasteiger partial charge >= 0.3 is 0 Å². The van der Waals surface area contributed by atoms with Gasteiger partial charge in [-0.2, -0.15) is 0 Å². The van der Waals surface area contributed by atoms with E-state index in [9.17, 15) is 0 Å². The van der Waals surface area contributed by atoms with Crippen molar-refractivity contribution in [2.75, 3.05) is 33.2 Å². The monoisotopic (exact) mass is 254 g/mol. The van der Waals surface area contributed by atoms with Gasteiger partial charge in [0.1, 0.15) is 0 Å². The molecule has 0 amide bonds. The molecule has 1 saturated heterocycles. The highest BCUT2D eigenvalue weighted by atomic mass is 15.2. The van der Waals surface area contributed by atoms with Crippen molar-refractivity contribution in [2.24, 2.45) is 10.9 Å². The van der Waals surface area contributed by atoms with Crippen molar-refractivity contribution in [3.63, 3.8) is 0 Å². The molecule has 0 radical (unpaired) electrons. The molecule has 0 aliphatic carbocycles. The molecule has 1 aliphatic rings. The summed E-state index contributed by atoms with van der Waals surface area (Å²) in [5, 5.41) is 6.77. The Kier molecular flexibility index (Phi) is 7.09. The first kappa shape index (κ1) is 15.3. The van der Waals surface area contributed by atoms with Gasteiger partial charge in [0.25, 0.3) is 0 Å². The molecule has 106 valence electrons. The lowest BCUT2D eigenvalue weighted by Crippen LogP contribution is -2.45. The molecular weight excluding hydrogens is 224 g/mol. The summed E-state index contributed by atoms with van der Waals surface area (Å²) in [6.07, 6.45) is 3.81. The normalized spacial score (nSPS) is 20.8.